The van der Waals surface area contributed by atoms with Crippen LogP contribution in [0.15, 0.2) is 84.9 Å². The fraction of sp³-hybridized carbons (Fsp3) is 0.345. The van der Waals surface area contributed by atoms with Gasteiger partial charge in [0, 0.05) is 0 Å². The van der Waals surface area contributed by atoms with Gasteiger partial charge in [-0.2, -0.15) is 0 Å². The van der Waals surface area contributed by atoms with Crippen molar-refractivity contribution in [1.82, 2.24) is 0 Å². The molecule has 0 aromatic heterocycles. The Hall–Kier alpha value is -3.27. The van der Waals surface area contributed by atoms with Gasteiger partial charge in [-0.15, -0.1) is 0 Å². The fourth-order valence-corrected chi connectivity index (χ4v) is 4.13. The van der Waals surface area contributed by atoms with Crippen molar-refractivity contribution in [2.24, 2.45) is 0 Å². The number of benzene rings is 3. The van der Waals surface area contributed by atoms with Crippen molar-refractivity contribution < 1.29 is 38.3 Å². The number of aliphatic hydroxyl groups is 1. The van der Waals surface area contributed by atoms with Crippen LogP contribution in [0.25, 0.3) is 0 Å². The molecule has 1 saturated heterocycles. The number of hydrogen-bond donors (Lipinski definition) is 1. The van der Waals surface area contributed by atoms with Gasteiger partial charge in [-0.1, -0.05) is 72.8 Å². The van der Waals surface area contributed by atoms with Crippen LogP contribution in [0.1, 0.15) is 16.7 Å². The minimum absolute atomic E-state index is 0.186. The predicted octanol–water partition coefficient (Wildman–Crippen LogP) is 3.64. The lowest BCUT2D eigenvalue weighted by Gasteiger charge is -2.43. The van der Waals surface area contributed by atoms with Crippen molar-refractivity contribution in [3.8, 4) is 5.75 Å². The van der Waals surface area contributed by atoms with Crippen LogP contribution in [0.4, 0.5) is 0 Å². The summed E-state index contributed by atoms with van der Waals surface area (Å²) in [5.74, 6) is 0.0563. The number of aliphatic hydroxyl groups excluding tert-OH is 1. The van der Waals surface area contributed by atoms with E-state index in [9.17, 15) is 9.90 Å². The number of hydrogen-bond acceptors (Lipinski definition) is 8. The van der Waals surface area contributed by atoms with E-state index in [-0.39, 0.29) is 19.8 Å². The molecule has 0 bridgehead atoms. The van der Waals surface area contributed by atoms with Crippen LogP contribution in [0.5, 0.6) is 5.75 Å². The molecular weight excluding hydrogens is 476 g/mol. The fourth-order valence-electron chi connectivity index (χ4n) is 4.13. The molecule has 0 amide bonds. The van der Waals surface area contributed by atoms with Gasteiger partial charge in [0.05, 0.1) is 34.0 Å². The van der Waals surface area contributed by atoms with Gasteiger partial charge in [-0.3, -0.25) is 0 Å². The van der Waals surface area contributed by atoms with Crippen LogP contribution in [0, 0.1) is 0 Å². The summed E-state index contributed by atoms with van der Waals surface area (Å²) in [7, 11) is 2.86. The highest BCUT2D eigenvalue weighted by atomic mass is 16.7. The van der Waals surface area contributed by atoms with Crippen LogP contribution < -0.4 is 4.74 Å². The first kappa shape index (κ1) is 26.8. The second-order valence-electron chi connectivity index (χ2n) is 8.62. The Morgan fingerprint density at radius 2 is 1.19 bits per heavy atom. The van der Waals surface area contributed by atoms with Crippen molar-refractivity contribution >= 4 is 5.97 Å². The molecule has 1 N–H and O–H groups in total. The maximum atomic E-state index is 12.7. The van der Waals surface area contributed by atoms with Crippen LogP contribution in [-0.2, 0) is 48.3 Å². The number of ether oxygens (including phenoxy) is 6. The third-order valence-electron chi connectivity index (χ3n) is 6.12. The molecule has 3 aromatic rings. The molecule has 0 saturated carbocycles. The van der Waals surface area contributed by atoms with E-state index in [1.165, 1.54) is 7.11 Å². The number of carbonyl (C=O) groups excluding carboxylic acids is 1. The molecule has 5 atom stereocenters. The first-order chi connectivity index (χ1) is 18.1. The van der Waals surface area contributed by atoms with Gasteiger partial charge < -0.3 is 33.5 Å². The second-order valence-corrected chi connectivity index (χ2v) is 8.62. The summed E-state index contributed by atoms with van der Waals surface area (Å²) in [5, 5.41) is 10.9. The first-order valence-corrected chi connectivity index (χ1v) is 12.1. The summed E-state index contributed by atoms with van der Waals surface area (Å²) in [4.78, 5) is 12.7. The van der Waals surface area contributed by atoms with Crippen LogP contribution in [0.2, 0.25) is 0 Å². The largest absolute Gasteiger partial charge is 0.497 e. The average Bonchev–Trinajstić information content (AvgIpc) is 2.95. The van der Waals surface area contributed by atoms with Crippen LogP contribution >= 0.6 is 0 Å². The maximum Gasteiger partial charge on any atom is 0.337 e. The van der Waals surface area contributed by atoms with Gasteiger partial charge in [0.25, 0.3) is 0 Å². The lowest BCUT2D eigenvalue weighted by molar-refractivity contribution is -0.308. The van der Waals surface area contributed by atoms with Crippen LogP contribution in [-0.4, -0.2) is 56.0 Å². The number of rotatable bonds is 11. The van der Waals surface area contributed by atoms with E-state index < -0.39 is 36.7 Å². The van der Waals surface area contributed by atoms with Crippen molar-refractivity contribution in [3.05, 3.63) is 102 Å². The summed E-state index contributed by atoms with van der Waals surface area (Å²) in [5.41, 5.74) is 2.70. The molecule has 8 heteroatoms. The van der Waals surface area contributed by atoms with E-state index >= 15 is 0 Å². The Morgan fingerprint density at radius 3 is 1.70 bits per heavy atom. The van der Waals surface area contributed by atoms with Gasteiger partial charge >= 0.3 is 5.97 Å². The number of carbonyl (C=O) groups is 1. The zero-order valence-corrected chi connectivity index (χ0v) is 20.9. The molecule has 0 aliphatic carbocycles. The Kier molecular flexibility index (Phi) is 9.65. The average molecular weight is 509 g/mol. The maximum absolute atomic E-state index is 12.7. The molecule has 8 nitrogen and oxygen atoms in total. The van der Waals surface area contributed by atoms with Gasteiger partial charge in [-0.05, 0) is 28.8 Å². The second kappa shape index (κ2) is 13.3. The SMILES string of the molecule is COC(=O)[C@H]1O[C@H](O)[C@@H](OCc2ccccc2)[C@@H](OCc2ccc(OC)cc2)[C@@H]1OCc1ccccc1. The van der Waals surface area contributed by atoms with Gasteiger partial charge in [0.15, 0.2) is 12.4 Å². The topological polar surface area (TPSA) is 92.7 Å². The molecule has 1 heterocycles. The van der Waals surface area contributed by atoms with Gasteiger partial charge in [-0.25, -0.2) is 4.79 Å². The van der Waals surface area contributed by atoms with Gasteiger partial charge in [0.1, 0.15) is 24.1 Å². The Labute approximate surface area is 216 Å². The molecule has 1 fully saturated rings. The minimum Gasteiger partial charge on any atom is -0.497 e. The smallest absolute Gasteiger partial charge is 0.337 e. The molecule has 1 aliphatic rings. The predicted molar refractivity (Wildman–Crippen MR) is 135 cm³/mol. The lowest BCUT2D eigenvalue weighted by Crippen LogP contribution is -2.62. The Bertz CT molecular complexity index is 1090. The molecule has 196 valence electrons. The summed E-state index contributed by atoms with van der Waals surface area (Å²) in [6.45, 7) is 0.598. The third-order valence-corrected chi connectivity index (χ3v) is 6.12. The summed E-state index contributed by atoms with van der Waals surface area (Å²) < 4.78 is 34.5. The van der Waals surface area contributed by atoms with Crippen molar-refractivity contribution in [2.75, 3.05) is 14.2 Å². The normalized spacial score (nSPS) is 23.4. The third kappa shape index (κ3) is 7.15. The Morgan fingerprint density at radius 1 is 0.703 bits per heavy atom. The van der Waals surface area contributed by atoms with Crippen molar-refractivity contribution in [1.29, 1.82) is 0 Å². The molecule has 0 unspecified atom stereocenters. The van der Waals surface area contributed by atoms with Crippen molar-refractivity contribution in [2.45, 2.75) is 50.5 Å². The lowest BCUT2D eigenvalue weighted by atomic mass is 9.97. The zero-order valence-electron chi connectivity index (χ0n) is 20.9. The number of methoxy groups -OCH3 is 2. The molecule has 37 heavy (non-hydrogen) atoms. The van der Waals surface area contributed by atoms with E-state index in [4.69, 9.17) is 28.4 Å². The number of esters is 1. The quantitative estimate of drug-likeness (QED) is 0.393. The summed E-state index contributed by atoms with van der Waals surface area (Å²) >= 11 is 0. The highest BCUT2D eigenvalue weighted by Crippen LogP contribution is 2.30. The molecule has 3 aromatic carbocycles. The van der Waals surface area contributed by atoms with E-state index in [1.807, 2.05) is 84.9 Å². The monoisotopic (exact) mass is 508 g/mol. The highest BCUT2D eigenvalue weighted by molar-refractivity contribution is 5.75. The molecular formula is C29H32O8. The summed E-state index contributed by atoms with van der Waals surface area (Å²) in [6.07, 6.45) is -5.33. The molecule has 1 aliphatic heterocycles. The Balaban J connectivity index is 1.58. The van der Waals surface area contributed by atoms with E-state index in [0.29, 0.717) is 0 Å². The first-order valence-electron chi connectivity index (χ1n) is 12.1. The zero-order chi connectivity index (χ0) is 26.0. The van der Waals surface area contributed by atoms with E-state index in [1.54, 1.807) is 7.11 Å². The van der Waals surface area contributed by atoms with E-state index in [2.05, 4.69) is 0 Å². The standard InChI is InChI=1S/C29H32O8/c1-32-23-15-13-22(14-16-23)19-34-24-25(35-17-20-9-5-3-6-10-20)27(28(30)33-2)37-29(31)26(24)36-18-21-11-7-4-8-12-21/h3-16,24-27,29,31H,17-19H2,1-2H3/t24-,25-,26-,27-,29-/m0/s1. The van der Waals surface area contributed by atoms with Gasteiger partial charge in [0.2, 0.25) is 0 Å². The van der Waals surface area contributed by atoms with Crippen molar-refractivity contribution in [3.63, 3.8) is 0 Å². The minimum atomic E-state index is -1.44. The molecule has 4 rings (SSSR count). The van der Waals surface area contributed by atoms with E-state index in [0.717, 1.165) is 22.4 Å². The molecule has 0 spiro atoms. The molecule has 0 radical (unpaired) electrons. The van der Waals surface area contributed by atoms with Crippen LogP contribution in [0.3, 0.4) is 0 Å². The highest BCUT2D eigenvalue weighted by Gasteiger charge is 2.51. The summed E-state index contributed by atoms with van der Waals surface area (Å²) in [6, 6.07) is 26.6.